The zero-order chi connectivity index (χ0) is 13.9. The first-order valence-corrected chi connectivity index (χ1v) is 6.98. The van der Waals surface area contributed by atoms with E-state index in [2.05, 4.69) is 10.6 Å². The Bertz CT molecular complexity index is 633. The van der Waals surface area contributed by atoms with Gasteiger partial charge in [-0.3, -0.25) is 4.79 Å². The normalized spacial score (nSPS) is 18.9. The van der Waals surface area contributed by atoms with Crippen molar-refractivity contribution in [2.45, 2.75) is 12.8 Å². The van der Waals surface area contributed by atoms with Crippen molar-refractivity contribution < 1.29 is 9.90 Å². The standard InChI is InChI=1S/C16H18N2O2/c19-15-8-2-5-12-13(15)6-1-7-14(12)18-16(20)11-4-3-9-17-10-11/h1-2,5-8,11,17,19H,3-4,9-10H2,(H,18,20)/t11-/m0/s1. The third-order valence-electron chi connectivity index (χ3n) is 3.82. The van der Waals surface area contributed by atoms with E-state index in [4.69, 9.17) is 0 Å². The van der Waals surface area contributed by atoms with E-state index >= 15 is 0 Å². The van der Waals surface area contributed by atoms with Crippen LogP contribution in [-0.4, -0.2) is 24.1 Å². The summed E-state index contributed by atoms with van der Waals surface area (Å²) >= 11 is 0. The van der Waals surface area contributed by atoms with Crippen LogP contribution in [0.15, 0.2) is 36.4 Å². The molecule has 3 rings (SSSR count). The zero-order valence-corrected chi connectivity index (χ0v) is 11.2. The zero-order valence-electron chi connectivity index (χ0n) is 11.2. The van der Waals surface area contributed by atoms with E-state index in [1.54, 1.807) is 12.1 Å². The van der Waals surface area contributed by atoms with Crippen molar-refractivity contribution in [3.05, 3.63) is 36.4 Å². The van der Waals surface area contributed by atoms with E-state index in [1.165, 1.54) is 0 Å². The fourth-order valence-corrected chi connectivity index (χ4v) is 2.71. The molecular weight excluding hydrogens is 252 g/mol. The molecule has 3 N–H and O–H groups in total. The molecule has 4 heteroatoms. The minimum Gasteiger partial charge on any atom is -0.507 e. The quantitative estimate of drug-likeness (QED) is 0.785. The molecule has 1 heterocycles. The van der Waals surface area contributed by atoms with E-state index in [1.807, 2.05) is 24.3 Å². The van der Waals surface area contributed by atoms with Crippen LogP contribution in [0.25, 0.3) is 10.8 Å². The van der Waals surface area contributed by atoms with Crippen LogP contribution in [0, 0.1) is 5.92 Å². The maximum absolute atomic E-state index is 12.3. The molecule has 4 nitrogen and oxygen atoms in total. The van der Waals surface area contributed by atoms with E-state index in [0.717, 1.165) is 42.4 Å². The molecule has 20 heavy (non-hydrogen) atoms. The van der Waals surface area contributed by atoms with E-state index in [-0.39, 0.29) is 17.6 Å². The molecule has 1 amide bonds. The van der Waals surface area contributed by atoms with Crippen LogP contribution in [0.4, 0.5) is 5.69 Å². The molecule has 1 aliphatic rings. The van der Waals surface area contributed by atoms with Gasteiger partial charge >= 0.3 is 0 Å². The van der Waals surface area contributed by atoms with Gasteiger partial charge in [-0.05, 0) is 31.5 Å². The fourth-order valence-electron chi connectivity index (χ4n) is 2.71. The van der Waals surface area contributed by atoms with E-state index in [0.29, 0.717) is 0 Å². The Morgan fingerprint density at radius 2 is 2.00 bits per heavy atom. The van der Waals surface area contributed by atoms with Gasteiger partial charge < -0.3 is 15.7 Å². The largest absolute Gasteiger partial charge is 0.507 e. The van der Waals surface area contributed by atoms with Crippen LogP contribution >= 0.6 is 0 Å². The number of carbonyl (C=O) groups excluding carboxylic acids is 1. The monoisotopic (exact) mass is 270 g/mol. The number of nitrogens with one attached hydrogen (secondary N) is 2. The highest BCUT2D eigenvalue weighted by atomic mass is 16.3. The number of piperidine rings is 1. The number of anilines is 1. The SMILES string of the molecule is O=C(Nc1cccc2c(O)cccc12)[C@H]1CCCNC1. The summed E-state index contributed by atoms with van der Waals surface area (Å²) in [7, 11) is 0. The summed E-state index contributed by atoms with van der Waals surface area (Å²) < 4.78 is 0. The highest BCUT2D eigenvalue weighted by Crippen LogP contribution is 2.30. The smallest absolute Gasteiger partial charge is 0.228 e. The summed E-state index contributed by atoms with van der Waals surface area (Å²) in [5.41, 5.74) is 0.758. The van der Waals surface area contributed by atoms with Gasteiger partial charge in [0.25, 0.3) is 0 Å². The second kappa shape index (κ2) is 5.51. The molecule has 1 aliphatic heterocycles. The number of aromatic hydroxyl groups is 1. The van der Waals surface area contributed by atoms with Gasteiger partial charge in [-0.1, -0.05) is 24.3 Å². The van der Waals surface area contributed by atoms with Crippen LogP contribution < -0.4 is 10.6 Å². The average molecular weight is 270 g/mol. The minimum atomic E-state index is 0.0244. The molecule has 2 aromatic carbocycles. The summed E-state index contributed by atoms with van der Waals surface area (Å²) in [5, 5.41) is 17.7. The molecule has 1 fully saturated rings. The predicted octanol–water partition coefficient (Wildman–Crippen LogP) is 2.48. The van der Waals surface area contributed by atoms with Crippen molar-refractivity contribution in [2.24, 2.45) is 5.92 Å². The molecule has 2 aromatic rings. The van der Waals surface area contributed by atoms with Crippen molar-refractivity contribution in [1.82, 2.24) is 5.32 Å². The van der Waals surface area contributed by atoms with Gasteiger partial charge in [0.15, 0.2) is 0 Å². The van der Waals surface area contributed by atoms with Gasteiger partial charge in [-0.2, -0.15) is 0 Å². The molecule has 1 atom stereocenters. The van der Waals surface area contributed by atoms with Crippen molar-refractivity contribution in [2.75, 3.05) is 18.4 Å². The lowest BCUT2D eigenvalue weighted by Gasteiger charge is -2.22. The fraction of sp³-hybridized carbons (Fsp3) is 0.312. The number of fused-ring (bicyclic) bond motifs is 1. The third kappa shape index (κ3) is 2.47. The molecule has 0 bridgehead atoms. The molecule has 104 valence electrons. The van der Waals surface area contributed by atoms with Crippen molar-refractivity contribution in [1.29, 1.82) is 0 Å². The Morgan fingerprint density at radius 1 is 1.20 bits per heavy atom. The average Bonchev–Trinajstić information content (AvgIpc) is 2.49. The molecule has 0 unspecified atom stereocenters. The molecule has 1 saturated heterocycles. The van der Waals surface area contributed by atoms with Gasteiger partial charge in [0.2, 0.25) is 5.91 Å². The summed E-state index contributed by atoms with van der Waals surface area (Å²) in [6, 6.07) is 10.9. The van der Waals surface area contributed by atoms with Gasteiger partial charge in [0.05, 0.1) is 5.92 Å². The highest BCUT2D eigenvalue weighted by molar-refractivity contribution is 6.04. The number of hydrogen-bond donors (Lipinski definition) is 3. The third-order valence-corrected chi connectivity index (χ3v) is 3.82. The van der Waals surface area contributed by atoms with Gasteiger partial charge in [-0.15, -0.1) is 0 Å². The number of benzene rings is 2. The first-order valence-electron chi connectivity index (χ1n) is 6.98. The van der Waals surface area contributed by atoms with Crippen LogP contribution in [0.3, 0.4) is 0 Å². The lowest BCUT2D eigenvalue weighted by Crippen LogP contribution is -2.37. The number of phenolic OH excluding ortho intramolecular Hbond substituents is 1. The first kappa shape index (κ1) is 12.9. The van der Waals surface area contributed by atoms with Gasteiger partial charge in [-0.25, -0.2) is 0 Å². The molecule has 0 aliphatic carbocycles. The lowest BCUT2D eigenvalue weighted by molar-refractivity contribution is -0.120. The van der Waals surface area contributed by atoms with Gasteiger partial charge in [0, 0.05) is 23.0 Å². The number of carbonyl (C=O) groups is 1. The van der Waals surface area contributed by atoms with Crippen molar-refractivity contribution in [3.8, 4) is 5.75 Å². The summed E-state index contributed by atoms with van der Waals surface area (Å²) in [5.74, 6) is 0.308. The Balaban J connectivity index is 1.87. The van der Waals surface area contributed by atoms with E-state index < -0.39 is 0 Å². The highest BCUT2D eigenvalue weighted by Gasteiger charge is 2.21. The topological polar surface area (TPSA) is 61.4 Å². The lowest BCUT2D eigenvalue weighted by atomic mass is 9.98. The number of rotatable bonds is 2. The van der Waals surface area contributed by atoms with E-state index in [9.17, 15) is 9.90 Å². The Morgan fingerprint density at radius 3 is 2.80 bits per heavy atom. The molecule has 0 spiro atoms. The minimum absolute atomic E-state index is 0.0244. The predicted molar refractivity (Wildman–Crippen MR) is 79.8 cm³/mol. The molecule has 0 radical (unpaired) electrons. The Hall–Kier alpha value is -2.07. The van der Waals surface area contributed by atoms with Crippen molar-refractivity contribution >= 4 is 22.4 Å². The second-order valence-electron chi connectivity index (χ2n) is 5.21. The maximum Gasteiger partial charge on any atom is 0.228 e. The Kier molecular flexibility index (Phi) is 3.56. The molecule has 0 saturated carbocycles. The summed E-state index contributed by atoms with van der Waals surface area (Å²) in [6.07, 6.45) is 1.96. The van der Waals surface area contributed by atoms with Gasteiger partial charge in [0.1, 0.15) is 5.75 Å². The van der Waals surface area contributed by atoms with Crippen LogP contribution in [0.2, 0.25) is 0 Å². The summed E-state index contributed by atoms with van der Waals surface area (Å²) in [6.45, 7) is 1.73. The number of phenols is 1. The summed E-state index contributed by atoms with van der Waals surface area (Å²) in [4.78, 5) is 12.3. The van der Waals surface area contributed by atoms with Crippen molar-refractivity contribution in [3.63, 3.8) is 0 Å². The number of hydrogen-bond acceptors (Lipinski definition) is 3. The van der Waals surface area contributed by atoms with Crippen LogP contribution in [-0.2, 0) is 4.79 Å². The molecular formula is C16H18N2O2. The first-order chi connectivity index (χ1) is 9.75. The van der Waals surface area contributed by atoms with Crippen LogP contribution in [0.1, 0.15) is 12.8 Å². The Labute approximate surface area is 117 Å². The second-order valence-corrected chi connectivity index (χ2v) is 5.21. The number of amides is 1. The molecule has 0 aromatic heterocycles. The van der Waals surface area contributed by atoms with Crippen LogP contribution in [0.5, 0.6) is 5.75 Å². The maximum atomic E-state index is 12.3.